The van der Waals surface area contributed by atoms with Crippen molar-refractivity contribution in [3.8, 4) is 11.5 Å². The summed E-state index contributed by atoms with van der Waals surface area (Å²) in [7, 11) is 0. The van der Waals surface area contributed by atoms with Crippen molar-refractivity contribution in [2.75, 3.05) is 18.7 Å². The van der Waals surface area contributed by atoms with E-state index in [4.69, 9.17) is 21.1 Å². The highest BCUT2D eigenvalue weighted by molar-refractivity contribution is 7.15. The van der Waals surface area contributed by atoms with Gasteiger partial charge < -0.3 is 25.2 Å². The van der Waals surface area contributed by atoms with Crippen molar-refractivity contribution in [1.29, 1.82) is 0 Å². The zero-order valence-corrected chi connectivity index (χ0v) is 21.9. The molecule has 3 N–H and O–H groups in total. The topological polar surface area (TPSA) is 92.7 Å². The van der Waals surface area contributed by atoms with Gasteiger partial charge >= 0.3 is 0 Å². The smallest absolute Gasteiger partial charge is 0.236 e. The lowest BCUT2D eigenvalue weighted by atomic mass is 9.94. The summed E-state index contributed by atoms with van der Waals surface area (Å²) in [6.45, 7) is 4.47. The number of rotatable bonds is 10. The van der Waals surface area contributed by atoms with Crippen LogP contribution in [0, 0.1) is 5.92 Å². The summed E-state index contributed by atoms with van der Waals surface area (Å²) in [5.74, 6) is 1.73. The first-order valence-electron chi connectivity index (χ1n) is 12.2. The maximum absolute atomic E-state index is 13.4. The van der Waals surface area contributed by atoms with Gasteiger partial charge in [-0.05, 0) is 54.5 Å². The molecule has 0 bridgehead atoms. The van der Waals surface area contributed by atoms with Gasteiger partial charge in [0.1, 0.15) is 0 Å². The number of ether oxygens (including phenoxy) is 2. The molecule has 2 atom stereocenters. The minimum absolute atomic E-state index is 0.0135. The number of halogens is 1. The van der Waals surface area contributed by atoms with Gasteiger partial charge in [0.25, 0.3) is 0 Å². The van der Waals surface area contributed by atoms with Crippen molar-refractivity contribution in [2.45, 2.75) is 50.6 Å². The fourth-order valence-corrected chi connectivity index (χ4v) is 5.83. The second-order valence-electron chi connectivity index (χ2n) is 9.80. The van der Waals surface area contributed by atoms with Crippen LogP contribution in [0.3, 0.4) is 0 Å². The van der Waals surface area contributed by atoms with Gasteiger partial charge in [-0.25, -0.2) is 4.98 Å². The summed E-state index contributed by atoms with van der Waals surface area (Å²) in [6.07, 6.45) is 4.13. The Bertz CT molecular complexity index is 1240. The molecule has 2 heterocycles. The van der Waals surface area contributed by atoms with Crippen molar-refractivity contribution in [3.05, 3.63) is 69.7 Å². The Balaban J connectivity index is 1.36. The summed E-state index contributed by atoms with van der Waals surface area (Å²) in [6, 6.07) is 13.0. The Morgan fingerprint density at radius 1 is 1.19 bits per heavy atom. The normalized spacial score (nSPS) is 17.1. The molecule has 1 amide bonds. The van der Waals surface area contributed by atoms with Gasteiger partial charge in [0.2, 0.25) is 12.7 Å². The van der Waals surface area contributed by atoms with Gasteiger partial charge in [0, 0.05) is 22.1 Å². The first kappa shape index (κ1) is 25.0. The SMILES string of the molecule is CC(C)CC(CO)NC(c1cnc(NC(=O)C2(c3ccc4c(c3)OCO4)CC2)s1)c1ccccc1Cl. The third-order valence-corrected chi connectivity index (χ3v) is 8.06. The van der Waals surface area contributed by atoms with E-state index in [0.717, 1.165) is 35.3 Å². The van der Waals surface area contributed by atoms with Gasteiger partial charge in [-0.15, -0.1) is 0 Å². The summed E-state index contributed by atoms with van der Waals surface area (Å²) in [5.41, 5.74) is 1.25. The number of fused-ring (bicyclic) bond motifs is 1. The second kappa shape index (κ2) is 10.4. The first-order chi connectivity index (χ1) is 17.4. The van der Waals surface area contributed by atoms with Crippen molar-refractivity contribution in [2.24, 2.45) is 5.92 Å². The van der Waals surface area contributed by atoms with Crippen molar-refractivity contribution in [1.82, 2.24) is 10.3 Å². The number of hydrogen-bond acceptors (Lipinski definition) is 7. The van der Waals surface area contributed by atoms with Crippen LogP contribution in [0.5, 0.6) is 11.5 Å². The summed E-state index contributed by atoms with van der Waals surface area (Å²) in [4.78, 5) is 18.8. The van der Waals surface area contributed by atoms with Gasteiger partial charge in [0.05, 0.1) is 18.1 Å². The van der Waals surface area contributed by atoms with Crippen LogP contribution >= 0.6 is 22.9 Å². The minimum Gasteiger partial charge on any atom is -0.454 e. The highest BCUT2D eigenvalue weighted by Gasteiger charge is 2.52. The predicted octanol–water partition coefficient (Wildman–Crippen LogP) is 5.28. The highest BCUT2D eigenvalue weighted by atomic mass is 35.5. The number of aliphatic hydroxyl groups is 1. The Morgan fingerprint density at radius 3 is 2.69 bits per heavy atom. The summed E-state index contributed by atoms with van der Waals surface area (Å²) < 4.78 is 10.9. The van der Waals surface area contributed by atoms with Crippen LogP contribution in [0.25, 0.3) is 0 Å². The van der Waals surface area contributed by atoms with E-state index < -0.39 is 5.41 Å². The molecule has 190 valence electrons. The Kier molecular flexibility index (Phi) is 7.21. The van der Waals surface area contributed by atoms with Crippen molar-refractivity contribution < 1.29 is 19.4 Å². The maximum Gasteiger partial charge on any atom is 0.236 e. The van der Waals surface area contributed by atoms with E-state index in [0.29, 0.717) is 27.6 Å². The average Bonchev–Trinajstić information content (AvgIpc) is 3.32. The molecule has 3 aromatic rings. The fraction of sp³-hybridized carbons (Fsp3) is 0.407. The van der Waals surface area contributed by atoms with Crippen LogP contribution in [0.2, 0.25) is 5.02 Å². The van der Waals surface area contributed by atoms with Gasteiger partial charge in [0.15, 0.2) is 16.6 Å². The van der Waals surface area contributed by atoms with Crippen molar-refractivity contribution in [3.63, 3.8) is 0 Å². The summed E-state index contributed by atoms with van der Waals surface area (Å²) >= 11 is 7.97. The second-order valence-corrected chi connectivity index (χ2v) is 11.3. The molecule has 0 spiro atoms. The van der Waals surface area contributed by atoms with Crippen molar-refractivity contribution >= 4 is 34.0 Å². The Hall–Kier alpha value is -2.65. The molecule has 7 nitrogen and oxygen atoms in total. The number of nitrogens with zero attached hydrogens (tertiary/aromatic N) is 1. The number of thiazole rings is 1. The molecular formula is C27H30ClN3O4S. The minimum atomic E-state index is -0.577. The lowest BCUT2D eigenvalue weighted by Crippen LogP contribution is -2.37. The monoisotopic (exact) mass is 527 g/mol. The molecule has 0 radical (unpaired) electrons. The molecular weight excluding hydrogens is 498 g/mol. The van der Waals surface area contributed by atoms with Gasteiger partial charge in [-0.3, -0.25) is 4.79 Å². The molecule has 1 aliphatic carbocycles. The van der Waals surface area contributed by atoms with Gasteiger partial charge in [-0.2, -0.15) is 0 Å². The number of anilines is 1. The number of hydrogen-bond donors (Lipinski definition) is 3. The largest absolute Gasteiger partial charge is 0.454 e. The number of amides is 1. The molecule has 5 rings (SSSR count). The molecule has 1 saturated carbocycles. The van der Waals surface area contributed by atoms with Crippen LogP contribution in [-0.2, 0) is 10.2 Å². The van der Waals surface area contributed by atoms with E-state index in [9.17, 15) is 9.90 Å². The van der Waals surface area contributed by atoms with E-state index in [1.165, 1.54) is 11.3 Å². The lowest BCUT2D eigenvalue weighted by Gasteiger charge is -2.26. The van der Waals surface area contributed by atoms with E-state index in [1.807, 2.05) is 42.5 Å². The molecule has 1 fully saturated rings. The highest BCUT2D eigenvalue weighted by Crippen LogP contribution is 2.51. The van der Waals surface area contributed by atoms with Crippen LogP contribution in [0.4, 0.5) is 5.13 Å². The molecule has 2 aromatic carbocycles. The molecule has 36 heavy (non-hydrogen) atoms. The van der Waals surface area contributed by atoms with E-state index in [-0.39, 0.29) is 31.4 Å². The Morgan fingerprint density at radius 2 is 1.97 bits per heavy atom. The fourth-order valence-electron chi connectivity index (χ4n) is 4.70. The molecule has 1 aliphatic heterocycles. The third-order valence-electron chi connectivity index (χ3n) is 6.73. The maximum atomic E-state index is 13.4. The third kappa shape index (κ3) is 5.09. The van der Waals surface area contributed by atoms with Crippen LogP contribution in [0.15, 0.2) is 48.7 Å². The lowest BCUT2D eigenvalue weighted by molar-refractivity contribution is -0.118. The van der Waals surface area contributed by atoms with E-state index >= 15 is 0 Å². The number of aliphatic hydroxyl groups excluding tert-OH is 1. The number of nitrogens with one attached hydrogen (secondary N) is 2. The number of carbonyl (C=O) groups is 1. The van der Waals surface area contributed by atoms with Crippen LogP contribution in [0.1, 0.15) is 55.2 Å². The quantitative estimate of drug-likeness (QED) is 0.332. The zero-order valence-electron chi connectivity index (χ0n) is 20.3. The van der Waals surface area contributed by atoms with E-state index in [1.54, 1.807) is 6.20 Å². The average molecular weight is 528 g/mol. The zero-order chi connectivity index (χ0) is 25.3. The van der Waals surface area contributed by atoms with Crippen LogP contribution < -0.4 is 20.1 Å². The molecule has 2 aliphatic rings. The number of aromatic nitrogens is 1. The predicted molar refractivity (Wildman–Crippen MR) is 141 cm³/mol. The molecule has 9 heteroatoms. The standard InChI is InChI=1S/C27H30ClN3O4S/c1-16(2)11-18(14-32)30-24(19-5-3-4-6-20(19)28)23-13-29-26(36-23)31-25(33)27(9-10-27)17-7-8-21-22(12-17)35-15-34-21/h3-8,12-13,16,18,24,30,32H,9-11,14-15H2,1-2H3,(H,29,31,33). The molecule has 0 saturated heterocycles. The number of carbonyl (C=O) groups excluding carboxylic acids is 1. The Labute approximate surface area is 219 Å². The van der Waals surface area contributed by atoms with Crippen LogP contribution in [-0.4, -0.2) is 35.4 Å². The first-order valence-corrected chi connectivity index (χ1v) is 13.4. The van der Waals surface area contributed by atoms with E-state index in [2.05, 4.69) is 29.5 Å². The number of benzene rings is 2. The van der Waals surface area contributed by atoms with Gasteiger partial charge in [-0.1, -0.05) is 61.1 Å². The summed E-state index contributed by atoms with van der Waals surface area (Å²) in [5, 5.41) is 17.8. The molecule has 2 unspecified atom stereocenters. The molecule has 1 aromatic heterocycles.